The third-order valence-corrected chi connectivity index (χ3v) is 4.62. The largest absolute Gasteiger partial charge is 0.399 e. The second-order valence-corrected chi connectivity index (χ2v) is 6.09. The lowest BCUT2D eigenvalue weighted by Gasteiger charge is -2.21. The molecule has 0 aliphatic heterocycles. The quantitative estimate of drug-likeness (QED) is 0.684. The van der Waals surface area contributed by atoms with E-state index >= 15 is 0 Å². The van der Waals surface area contributed by atoms with E-state index in [1.165, 1.54) is 29.4 Å². The van der Waals surface area contributed by atoms with Crippen molar-refractivity contribution in [3.05, 3.63) is 59.2 Å². The van der Waals surface area contributed by atoms with E-state index in [-0.39, 0.29) is 0 Å². The molecule has 1 heterocycles. The minimum absolute atomic E-state index is 0.677. The smallest absolute Gasteiger partial charge is 0.0991 e. The summed E-state index contributed by atoms with van der Waals surface area (Å²) in [5.74, 6) is 0. The molecule has 0 unspecified atom stereocenters. The molecular formula is C20H17N3. The first kappa shape index (κ1) is 13.8. The van der Waals surface area contributed by atoms with Gasteiger partial charge in [-0.2, -0.15) is 5.26 Å². The van der Waals surface area contributed by atoms with Gasteiger partial charge in [0.2, 0.25) is 0 Å². The number of rotatable bonds is 1. The van der Waals surface area contributed by atoms with Gasteiger partial charge in [0.05, 0.1) is 22.8 Å². The summed E-state index contributed by atoms with van der Waals surface area (Å²) in [4.78, 5) is 4.92. The Kier molecular flexibility index (Phi) is 3.24. The molecule has 23 heavy (non-hydrogen) atoms. The minimum Gasteiger partial charge on any atom is -0.399 e. The molecule has 0 amide bonds. The van der Waals surface area contributed by atoms with Gasteiger partial charge in [-0.05, 0) is 67.1 Å². The Morgan fingerprint density at radius 3 is 2.43 bits per heavy atom. The van der Waals surface area contributed by atoms with Crippen LogP contribution in [-0.4, -0.2) is 4.98 Å². The van der Waals surface area contributed by atoms with Crippen LogP contribution in [0.5, 0.6) is 0 Å². The van der Waals surface area contributed by atoms with E-state index in [4.69, 9.17) is 16.0 Å². The number of hydrogen-bond acceptors (Lipinski definition) is 3. The highest BCUT2D eigenvalue weighted by Crippen LogP contribution is 2.35. The average molecular weight is 299 g/mol. The fourth-order valence-corrected chi connectivity index (χ4v) is 3.49. The monoisotopic (exact) mass is 299 g/mol. The summed E-state index contributed by atoms with van der Waals surface area (Å²) in [7, 11) is 0. The van der Waals surface area contributed by atoms with E-state index in [1.807, 2.05) is 36.4 Å². The Balaban J connectivity index is 1.99. The van der Waals surface area contributed by atoms with Crippen molar-refractivity contribution in [2.75, 3.05) is 5.73 Å². The van der Waals surface area contributed by atoms with Crippen molar-refractivity contribution in [3.8, 4) is 17.3 Å². The lowest BCUT2D eigenvalue weighted by atomic mass is 9.86. The SMILES string of the molecule is N#Cc1ccc(-c2nc3ccc(N)cc3c3c2CCCC3)cc1. The second kappa shape index (κ2) is 5.40. The van der Waals surface area contributed by atoms with Crippen LogP contribution in [0, 0.1) is 11.3 Å². The van der Waals surface area contributed by atoms with Gasteiger partial charge in [0.15, 0.2) is 0 Å². The molecule has 1 aliphatic rings. The molecule has 0 bridgehead atoms. The maximum Gasteiger partial charge on any atom is 0.0991 e. The van der Waals surface area contributed by atoms with Gasteiger partial charge in [-0.25, -0.2) is 4.98 Å². The van der Waals surface area contributed by atoms with Crippen LogP contribution >= 0.6 is 0 Å². The molecule has 0 fully saturated rings. The van der Waals surface area contributed by atoms with E-state index in [2.05, 4.69) is 12.1 Å². The zero-order valence-electron chi connectivity index (χ0n) is 12.8. The van der Waals surface area contributed by atoms with Crippen LogP contribution in [0.3, 0.4) is 0 Å². The van der Waals surface area contributed by atoms with E-state index in [9.17, 15) is 0 Å². The molecule has 2 N–H and O–H groups in total. The lowest BCUT2D eigenvalue weighted by Crippen LogP contribution is -2.08. The summed E-state index contributed by atoms with van der Waals surface area (Å²) in [6.45, 7) is 0. The van der Waals surface area contributed by atoms with Crippen molar-refractivity contribution in [1.29, 1.82) is 5.26 Å². The summed E-state index contributed by atoms with van der Waals surface area (Å²) < 4.78 is 0. The average Bonchev–Trinajstić information content (AvgIpc) is 2.61. The molecule has 0 radical (unpaired) electrons. The standard InChI is InChI=1S/C20H17N3/c21-12-13-5-7-14(8-6-13)20-17-4-2-1-3-16(17)18-11-15(22)9-10-19(18)23-20/h5-11H,1-4,22H2. The van der Waals surface area contributed by atoms with Gasteiger partial charge in [0.1, 0.15) is 0 Å². The van der Waals surface area contributed by atoms with Crippen LogP contribution in [0.1, 0.15) is 29.5 Å². The van der Waals surface area contributed by atoms with Crippen LogP contribution in [0.15, 0.2) is 42.5 Å². The number of nitrogens with zero attached hydrogens (tertiary/aromatic N) is 2. The number of aryl methyl sites for hydroxylation is 1. The van der Waals surface area contributed by atoms with Crippen LogP contribution < -0.4 is 5.73 Å². The van der Waals surface area contributed by atoms with Gasteiger partial charge in [0.25, 0.3) is 0 Å². The van der Waals surface area contributed by atoms with Gasteiger partial charge >= 0.3 is 0 Å². The molecule has 3 nitrogen and oxygen atoms in total. The number of nitriles is 1. The molecule has 1 aliphatic carbocycles. The van der Waals surface area contributed by atoms with Gasteiger partial charge in [-0.1, -0.05) is 12.1 Å². The number of nitrogens with two attached hydrogens (primary N) is 1. The molecule has 0 spiro atoms. The number of nitrogen functional groups attached to an aromatic ring is 1. The minimum atomic E-state index is 0.677. The predicted octanol–water partition coefficient (Wildman–Crippen LogP) is 4.23. The van der Waals surface area contributed by atoms with Gasteiger partial charge in [-0.15, -0.1) is 0 Å². The molecule has 112 valence electrons. The molecule has 0 saturated heterocycles. The number of anilines is 1. The first-order valence-corrected chi connectivity index (χ1v) is 7.98. The fraction of sp³-hybridized carbons (Fsp3) is 0.200. The Labute approximate surface area is 135 Å². The van der Waals surface area contributed by atoms with Crippen molar-refractivity contribution >= 4 is 16.6 Å². The number of fused-ring (bicyclic) bond motifs is 3. The molecular weight excluding hydrogens is 282 g/mol. The highest BCUT2D eigenvalue weighted by atomic mass is 14.7. The molecule has 2 aromatic carbocycles. The molecule has 3 aromatic rings. The third-order valence-electron chi connectivity index (χ3n) is 4.62. The van der Waals surface area contributed by atoms with Crippen molar-refractivity contribution in [2.24, 2.45) is 0 Å². The van der Waals surface area contributed by atoms with Crippen molar-refractivity contribution in [2.45, 2.75) is 25.7 Å². The first-order valence-electron chi connectivity index (χ1n) is 7.98. The Hall–Kier alpha value is -2.86. The predicted molar refractivity (Wildman–Crippen MR) is 92.9 cm³/mol. The molecule has 0 atom stereocenters. The Morgan fingerprint density at radius 2 is 1.70 bits per heavy atom. The summed E-state index contributed by atoms with van der Waals surface area (Å²) in [6, 6.07) is 15.9. The second-order valence-electron chi connectivity index (χ2n) is 6.09. The summed E-state index contributed by atoms with van der Waals surface area (Å²) in [5, 5.41) is 10.2. The van der Waals surface area contributed by atoms with E-state index in [1.54, 1.807) is 0 Å². The van der Waals surface area contributed by atoms with Crippen LogP contribution in [0.25, 0.3) is 22.2 Å². The van der Waals surface area contributed by atoms with Gasteiger partial charge in [-0.3, -0.25) is 0 Å². The number of aromatic nitrogens is 1. The number of benzene rings is 2. The zero-order chi connectivity index (χ0) is 15.8. The van der Waals surface area contributed by atoms with Gasteiger partial charge in [0, 0.05) is 16.6 Å². The number of hydrogen-bond donors (Lipinski definition) is 1. The third kappa shape index (κ3) is 2.33. The highest BCUT2D eigenvalue weighted by molar-refractivity contribution is 5.89. The van der Waals surface area contributed by atoms with Crippen molar-refractivity contribution in [3.63, 3.8) is 0 Å². The molecule has 0 saturated carbocycles. The van der Waals surface area contributed by atoms with E-state index in [0.29, 0.717) is 5.56 Å². The van der Waals surface area contributed by atoms with Crippen LogP contribution in [-0.2, 0) is 12.8 Å². The Morgan fingerprint density at radius 1 is 0.957 bits per heavy atom. The number of pyridine rings is 1. The lowest BCUT2D eigenvalue weighted by molar-refractivity contribution is 0.689. The topological polar surface area (TPSA) is 62.7 Å². The molecule has 3 heteroatoms. The molecule has 1 aromatic heterocycles. The Bertz CT molecular complexity index is 934. The summed E-state index contributed by atoms with van der Waals surface area (Å²) in [5.41, 5.74) is 13.3. The van der Waals surface area contributed by atoms with E-state index in [0.717, 1.165) is 35.3 Å². The normalized spacial score (nSPS) is 13.5. The fourth-order valence-electron chi connectivity index (χ4n) is 3.49. The summed E-state index contributed by atoms with van der Waals surface area (Å²) in [6.07, 6.45) is 4.56. The summed E-state index contributed by atoms with van der Waals surface area (Å²) >= 11 is 0. The van der Waals surface area contributed by atoms with Crippen LogP contribution in [0.2, 0.25) is 0 Å². The van der Waals surface area contributed by atoms with E-state index < -0.39 is 0 Å². The highest BCUT2D eigenvalue weighted by Gasteiger charge is 2.19. The maximum atomic E-state index is 8.98. The van der Waals surface area contributed by atoms with Gasteiger partial charge < -0.3 is 5.73 Å². The van der Waals surface area contributed by atoms with Crippen molar-refractivity contribution < 1.29 is 0 Å². The van der Waals surface area contributed by atoms with Crippen molar-refractivity contribution in [1.82, 2.24) is 4.98 Å². The maximum absolute atomic E-state index is 8.98. The van der Waals surface area contributed by atoms with Crippen LogP contribution in [0.4, 0.5) is 5.69 Å². The molecule has 4 rings (SSSR count). The zero-order valence-corrected chi connectivity index (χ0v) is 12.8. The first-order chi connectivity index (χ1) is 11.3.